The molecule has 0 aromatic carbocycles. The van der Waals surface area contributed by atoms with E-state index in [-0.39, 0.29) is 83.2 Å². The fourth-order valence-corrected chi connectivity index (χ4v) is 2.43. The van der Waals surface area contributed by atoms with E-state index in [1.54, 1.807) is 0 Å². The minimum atomic E-state index is -0.679. The van der Waals surface area contributed by atoms with Crippen molar-refractivity contribution in [1.82, 2.24) is 10.6 Å². The molecule has 10 N–H and O–H groups in total. The van der Waals surface area contributed by atoms with Gasteiger partial charge in [0, 0.05) is 30.8 Å². The van der Waals surface area contributed by atoms with Crippen LogP contribution in [0.3, 0.4) is 0 Å². The van der Waals surface area contributed by atoms with Crippen LogP contribution in [0.1, 0.15) is 19.3 Å². The smallest absolute Gasteiger partial charge is 0.314 e. The van der Waals surface area contributed by atoms with Gasteiger partial charge in [-0.2, -0.15) is 0 Å². The molecule has 12 nitrogen and oxygen atoms in total. The lowest BCUT2D eigenvalue weighted by molar-refractivity contribution is -0.119. The third kappa shape index (κ3) is 15.8. The summed E-state index contributed by atoms with van der Waals surface area (Å²) < 4.78 is 11.0. The second-order valence-corrected chi connectivity index (χ2v) is 7.54. The molecular weight excluding hydrogens is 412 g/mol. The van der Waals surface area contributed by atoms with Gasteiger partial charge in [0.15, 0.2) is 0 Å². The molecular formula is C19H40N4O8. The highest BCUT2D eigenvalue weighted by Gasteiger charge is 2.15. The first-order chi connectivity index (χ1) is 14.9. The molecule has 0 unspecified atom stereocenters. The molecule has 0 aliphatic heterocycles. The van der Waals surface area contributed by atoms with Gasteiger partial charge < -0.3 is 52.0 Å². The fraction of sp³-hybridized carbons (Fsp3) is 0.895. The van der Waals surface area contributed by atoms with Crippen molar-refractivity contribution in [3.8, 4) is 0 Å². The van der Waals surface area contributed by atoms with Crippen molar-refractivity contribution in [2.45, 2.75) is 25.3 Å². The number of hydrogen-bond donors (Lipinski definition) is 8. The average Bonchev–Trinajstić information content (AvgIpc) is 2.76. The molecule has 184 valence electrons. The maximum Gasteiger partial charge on any atom is 0.314 e. The van der Waals surface area contributed by atoms with E-state index in [0.29, 0.717) is 25.8 Å². The third-order valence-corrected chi connectivity index (χ3v) is 4.59. The van der Waals surface area contributed by atoms with E-state index in [4.69, 9.17) is 41.4 Å². The van der Waals surface area contributed by atoms with Crippen LogP contribution in [0.4, 0.5) is 4.79 Å². The molecule has 0 rings (SSSR count). The Balaban J connectivity index is 4.26. The molecule has 3 amide bonds. The number of aliphatic hydroxyl groups excluding tert-OH is 4. The molecule has 1 atom stereocenters. The number of nitrogens with one attached hydrogen (secondary N) is 2. The summed E-state index contributed by atoms with van der Waals surface area (Å²) in [6, 6.07) is -1.04. The Hall–Kier alpha value is -1.54. The Morgan fingerprint density at radius 2 is 1.26 bits per heavy atom. The monoisotopic (exact) mass is 452 g/mol. The number of aliphatic hydroxyl groups is 4. The van der Waals surface area contributed by atoms with E-state index >= 15 is 0 Å². The maximum atomic E-state index is 12.0. The van der Waals surface area contributed by atoms with Crippen LogP contribution in [0.25, 0.3) is 0 Å². The van der Waals surface area contributed by atoms with E-state index in [2.05, 4.69) is 10.6 Å². The molecule has 0 spiro atoms. The van der Waals surface area contributed by atoms with Gasteiger partial charge in [0.2, 0.25) is 5.91 Å². The minimum absolute atomic E-state index is 0.166. The first kappa shape index (κ1) is 29.5. The van der Waals surface area contributed by atoms with Crippen LogP contribution in [0, 0.1) is 17.8 Å². The van der Waals surface area contributed by atoms with Crippen LogP contribution < -0.4 is 22.1 Å². The van der Waals surface area contributed by atoms with Crippen molar-refractivity contribution in [2.75, 3.05) is 65.9 Å². The fourth-order valence-electron chi connectivity index (χ4n) is 2.43. The average molecular weight is 453 g/mol. The number of primary amides is 1. The molecule has 0 radical (unpaired) electrons. The van der Waals surface area contributed by atoms with Gasteiger partial charge in [0.1, 0.15) is 0 Å². The highest BCUT2D eigenvalue weighted by Crippen LogP contribution is 2.04. The van der Waals surface area contributed by atoms with Crippen LogP contribution in [0.2, 0.25) is 0 Å². The molecule has 31 heavy (non-hydrogen) atoms. The number of urea groups is 1. The van der Waals surface area contributed by atoms with Gasteiger partial charge >= 0.3 is 6.03 Å². The van der Waals surface area contributed by atoms with Gasteiger partial charge in [-0.3, -0.25) is 4.79 Å². The van der Waals surface area contributed by atoms with Gasteiger partial charge in [-0.25, -0.2) is 4.79 Å². The van der Waals surface area contributed by atoms with Crippen molar-refractivity contribution in [2.24, 2.45) is 29.2 Å². The highest BCUT2D eigenvalue weighted by atomic mass is 16.5. The molecule has 0 saturated carbocycles. The van der Waals surface area contributed by atoms with E-state index in [9.17, 15) is 9.59 Å². The predicted molar refractivity (Wildman–Crippen MR) is 113 cm³/mol. The number of carbonyl (C=O) groups is 2. The van der Waals surface area contributed by atoms with Crippen molar-refractivity contribution >= 4 is 11.9 Å². The number of carbonyl (C=O) groups excluding carboxylic acids is 2. The van der Waals surface area contributed by atoms with Gasteiger partial charge in [-0.15, -0.1) is 0 Å². The largest absolute Gasteiger partial charge is 0.396 e. The van der Waals surface area contributed by atoms with Gasteiger partial charge in [0.05, 0.1) is 58.9 Å². The summed E-state index contributed by atoms with van der Waals surface area (Å²) in [7, 11) is 0. The molecule has 0 aromatic heterocycles. The summed E-state index contributed by atoms with van der Waals surface area (Å²) in [5.74, 6) is -1.52. The molecule has 0 bridgehead atoms. The number of ether oxygens (including phenoxy) is 2. The zero-order chi connectivity index (χ0) is 23.5. The topological polar surface area (TPSA) is 210 Å². The molecule has 0 heterocycles. The predicted octanol–water partition coefficient (Wildman–Crippen LogP) is -2.88. The number of unbranched alkanes of at least 4 members (excludes halogenated alkanes) is 1. The lowest BCUT2D eigenvalue weighted by Gasteiger charge is -2.21. The van der Waals surface area contributed by atoms with Crippen LogP contribution >= 0.6 is 0 Å². The molecule has 12 heteroatoms. The summed E-state index contributed by atoms with van der Waals surface area (Å²) in [5, 5.41) is 41.8. The van der Waals surface area contributed by atoms with Gasteiger partial charge in [0.25, 0.3) is 0 Å². The molecule has 0 saturated heterocycles. The first-order valence-corrected chi connectivity index (χ1v) is 10.5. The summed E-state index contributed by atoms with van der Waals surface area (Å²) in [5.41, 5.74) is 10.6. The normalized spacial score (nSPS) is 12.5. The Morgan fingerprint density at radius 1 is 0.774 bits per heavy atom. The summed E-state index contributed by atoms with van der Waals surface area (Å²) >= 11 is 0. The van der Waals surface area contributed by atoms with Crippen LogP contribution in [-0.4, -0.2) is 104 Å². The lowest BCUT2D eigenvalue weighted by Crippen LogP contribution is -2.41. The maximum absolute atomic E-state index is 12.0. The number of hydrogen-bond acceptors (Lipinski definition) is 9. The molecule has 0 aliphatic rings. The SMILES string of the molecule is NC(=O)[C@H](N)CCCCNC(=O)NCC(COCC(CO)CO)COCC(CO)CO. The number of nitrogens with two attached hydrogens (primary N) is 2. The van der Waals surface area contributed by atoms with Gasteiger partial charge in [-0.05, 0) is 19.3 Å². The van der Waals surface area contributed by atoms with Gasteiger partial charge in [-0.1, -0.05) is 0 Å². The van der Waals surface area contributed by atoms with E-state index < -0.39 is 11.9 Å². The second kappa shape index (κ2) is 19.2. The van der Waals surface area contributed by atoms with Crippen LogP contribution in [0.15, 0.2) is 0 Å². The number of rotatable bonds is 20. The Labute approximate surface area is 183 Å². The number of amides is 3. The molecule has 0 aliphatic carbocycles. The quantitative estimate of drug-likeness (QED) is 0.0890. The lowest BCUT2D eigenvalue weighted by atomic mass is 10.1. The summed E-state index contributed by atoms with van der Waals surface area (Å²) in [4.78, 5) is 22.8. The van der Waals surface area contributed by atoms with E-state index in [0.717, 1.165) is 0 Å². The highest BCUT2D eigenvalue weighted by molar-refractivity contribution is 5.79. The van der Waals surface area contributed by atoms with Crippen LogP contribution in [0.5, 0.6) is 0 Å². The van der Waals surface area contributed by atoms with Crippen molar-refractivity contribution < 1.29 is 39.5 Å². The summed E-state index contributed by atoms with van der Waals surface area (Å²) in [6.07, 6.45) is 1.76. The first-order valence-electron chi connectivity index (χ1n) is 10.5. The third-order valence-electron chi connectivity index (χ3n) is 4.59. The summed E-state index contributed by atoms with van der Waals surface area (Å²) in [6.45, 7) is 0.666. The molecule has 0 fully saturated rings. The van der Waals surface area contributed by atoms with Crippen molar-refractivity contribution in [1.29, 1.82) is 0 Å². The van der Waals surface area contributed by atoms with E-state index in [1.807, 2.05) is 0 Å². The second-order valence-electron chi connectivity index (χ2n) is 7.54. The zero-order valence-electron chi connectivity index (χ0n) is 18.1. The van der Waals surface area contributed by atoms with E-state index in [1.165, 1.54) is 0 Å². The minimum Gasteiger partial charge on any atom is -0.396 e. The Morgan fingerprint density at radius 3 is 1.71 bits per heavy atom. The zero-order valence-corrected chi connectivity index (χ0v) is 18.1. The van der Waals surface area contributed by atoms with Crippen molar-refractivity contribution in [3.05, 3.63) is 0 Å². The van der Waals surface area contributed by atoms with Crippen molar-refractivity contribution in [3.63, 3.8) is 0 Å². The Kier molecular flexibility index (Phi) is 18.2. The Bertz CT molecular complexity index is 446. The standard InChI is InChI=1S/C19H40N4O8/c20-17(18(21)28)3-1-2-4-22-19(29)23-5-14(10-30-12-15(6-24)7-25)11-31-13-16(8-26)9-27/h14-17,24-27H,1-13,20H2,(H2,21,28)(H2,22,23,29)/t17-/m1/s1. The van der Waals surface area contributed by atoms with Crippen LogP contribution in [-0.2, 0) is 14.3 Å². The molecule has 0 aromatic rings.